The van der Waals surface area contributed by atoms with E-state index in [-0.39, 0.29) is 18.2 Å². The summed E-state index contributed by atoms with van der Waals surface area (Å²) < 4.78 is 31.5. The molecule has 1 aromatic carbocycles. The highest BCUT2D eigenvalue weighted by molar-refractivity contribution is 7.09. The van der Waals surface area contributed by atoms with Crippen LogP contribution in [0.1, 0.15) is 15.5 Å². The van der Waals surface area contributed by atoms with Crippen molar-refractivity contribution in [1.82, 2.24) is 9.97 Å². The number of anilines is 1. The van der Waals surface area contributed by atoms with E-state index in [1.165, 1.54) is 47.6 Å². The molecule has 0 unspecified atom stereocenters. The summed E-state index contributed by atoms with van der Waals surface area (Å²) in [6.45, 7) is 0.255. The normalized spacial score (nSPS) is 10.5. The molecule has 0 fully saturated rings. The fraction of sp³-hybridized carbons (Fsp3) is 0.118. The molecule has 128 valence electrons. The second kappa shape index (κ2) is 7.35. The number of nitrogens with zero attached hydrogens (tertiary/aromatic N) is 3. The number of ether oxygens (including phenoxy) is 1. The molecule has 3 rings (SSSR count). The standard InChI is InChI=1S/C17H13F2N3O2S/c1-24-16-14(19)9-20-15(21-16)17(23)22(10-13-3-2-8-25-13)12-6-4-11(18)5-7-12/h2-9H,10H2,1H3. The van der Waals surface area contributed by atoms with Gasteiger partial charge in [-0.25, -0.2) is 9.37 Å². The van der Waals surface area contributed by atoms with Crippen molar-refractivity contribution in [1.29, 1.82) is 0 Å². The molecule has 0 saturated carbocycles. The second-order valence-electron chi connectivity index (χ2n) is 5.00. The van der Waals surface area contributed by atoms with E-state index in [1.54, 1.807) is 0 Å². The predicted molar refractivity (Wildman–Crippen MR) is 89.8 cm³/mol. The molecule has 25 heavy (non-hydrogen) atoms. The van der Waals surface area contributed by atoms with Gasteiger partial charge >= 0.3 is 0 Å². The van der Waals surface area contributed by atoms with E-state index >= 15 is 0 Å². The lowest BCUT2D eigenvalue weighted by molar-refractivity contribution is 0.0974. The van der Waals surface area contributed by atoms with Gasteiger partial charge < -0.3 is 9.64 Å². The van der Waals surface area contributed by atoms with E-state index in [1.807, 2.05) is 17.5 Å². The summed E-state index contributed by atoms with van der Waals surface area (Å²) in [6.07, 6.45) is 0.882. The highest BCUT2D eigenvalue weighted by Crippen LogP contribution is 2.22. The molecule has 0 radical (unpaired) electrons. The predicted octanol–water partition coefficient (Wildman–Crippen LogP) is 3.67. The van der Waals surface area contributed by atoms with Crippen LogP contribution in [-0.4, -0.2) is 23.0 Å². The molecule has 0 aliphatic rings. The van der Waals surface area contributed by atoms with Crippen LogP contribution in [0.2, 0.25) is 0 Å². The number of benzene rings is 1. The fourth-order valence-electron chi connectivity index (χ4n) is 2.18. The number of hydrogen-bond donors (Lipinski definition) is 0. The first-order valence-electron chi connectivity index (χ1n) is 7.25. The summed E-state index contributed by atoms with van der Waals surface area (Å²) in [7, 11) is 1.25. The first kappa shape index (κ1) is 17.0. The van der Waals surface area contributed by atoms with Crippen LogP contribution in [0.3, 0.4) is 0 Å². The minimum atomic E-state index is -0.759. The average Bonchev–Trinajstić information content (AvgIpc) is 3.14. The Labute approximate surface area is 146 Å². The Balaban J connectivity index is 1.98. The number of rotatable bonds is 5. The van der Waals surface area contributed by atoms with Crippen LogP contribution >= 0.6 is 11.3 Å². The maximum absolute atomic E-state index is 13.5. The van der Waals surface area contributed by atoms with E-state index in [0.717, 1.165) is 11.1 Å². The lowest BCUT2D eigenvalue weighted by Crippen LogP contribution is -2.31. The zero-order chi connectivity index (χ0) is 17.8. The first-order chi connectivity index (χ1) is 12.1. The van der Waals surface area contributed by atoms with Gasteiger partial charge in [-0.15, -0.1) is 11.3 Å². The molecule has 0 aliphatic carbocycles. The van der Waals surface area contributed by atoms with Gasteiger partial charge in [-0.05, 0) is 35.7 Å². The molecular weight excluding hydrogens is 348 g/mol. The number of halogens is 2. The topological polar surface area (TPSA) is 55.3 Å². The van der Waals surface area contributed by atoms with Gasteiger partial charge in [0.15, 0.2) is 0 Å². The third-order valence-corrected chi connectivity index (χ3v) is 4.24. The molecule has 0 aliphatic heterocycles. The highest BCUT2D eigenvalue weighted by atomic mass is 32.1. The highest BCUT2D eigenvalue weighted by Gasteiger charge is 2.23. The van der Waals surface area contributed by atoms with Crippen LogP contribution < -0.4 is 9.64 Å². The third-order valence-electron chi connectivity index (χ3n) is 3.37. The Morgan fingerprint density at radius 2 is 2.00 bits per heavy atom. The Morgan fingerprint density at radius 3 is 2.64 bits per heavy atom. The van der Waals surface area contributed by atoms with Crippen LogP contribution in [0.5, 0.6) is 5.88 Å². The Hall–Kier alpha value is -2.87. The van der Waals surface area contributed by atoms with Crippen molar-refractivity contribution in [3.8, 4) is 5.88 Å². The van der Waals surface area contributed by atoms with E-state index in [4.69, 9.17) is 4.74 Å². The molecule has 0 atom stereocenters. The molecule has 0 bridgehead atoms. The Kier molecular flexibility index (Phi) is 4.99. The second-order valence-corrected chi connectivity index (χ2v) is 6.03. The van der Waals surface area contributed by atoms with E-state index in [9.17, 15) is 13.6 Å². The first-order valence-corrected chi connectivity index (χ1v) is 8.13. The summed E-state index contributed by atoms with van der Waals surface area (Å²) in [5.41, 5.74) is 0.478. The van der Waals surface area contributed by atoms with Gasteiger partial charge in [0.2, 0.25) is 11.6 Å². The molecule has 0 N–H and O–H groups in total. The van der Waals surface area contributed by atoms with Crippen LogP contribution in [-0.2, 0) is 6.54 Å². The van der Waals surface area contributed by atoms with Crippen molar-refractivity contribution in [2.75, 3.05) is 12.0 Å². The van der Waals surface area contributed by atoms with Crippen molar-refractivity contribution in [3.63, 3.8) is 0 Å². The quantitative estimate of drug-likeness (QED) is 0.696. The molecule has 0 spiro atoms. The van der Waals surface area contributed by atoms with Gasteiger partial charge in [-0.3, -0.25) is 4.79 Å². The minimum absolute atomic E-state index is 0.209. The van der Waals surface area contributed by atoms with Crippen LogP contribution in [0, 0.1) is 11.6 Å². The monoisotopic (exact) mass is 361 g/mol. The number of hydrogen-bond acceptors (Lipinski definition) is 5. The maximum Gasteiger partial charge on any atom is 0.296 e. The molecule has 5 nitrogen and oxygen atoms in total. The fourth-order valence-corrected chi connectivity index (χ4v) is 2.87. The van der Waals surface area contributed by atoms with Gasteiger partial charge in [-0.2, -0.15) is 9.37 Å². The lowest BCUT2D eigenvalue weighted by atomic mass is 10.2. The van der Waals surface area contributed by atoms with Crippen LogP contribution in [0.25, 0.3) is 0 Å². The van der Waals surface area contributed by atoms with E-state index in [0.29, 0.717) is 5.69 Å². The molecule has 3 aromatic rings. The Bertz CT molecular complexity index is 870. The van der Waals surface area contributed by atoms with Crippen molar-refractivity contribution in [2.45, 2.75) is 6.54 Å². The molecular formula is C17H13F2N3O2S. The molecule has 0 saturated heterocycles. The zero-order valence-corrected chi connectivity index (χ0v) is 14.0. The summed E-state index contributed by atoms with van der Waals surface area (Å²) >= 11 is 1.48. The van der Waals surface area contributed by atoms with Crippen molar-refractivity contribution < 1.29 is 18.3 Å². The van der Waals surface area contributed by atoms with E-state index < -0.39 is 17.5 Å². The number of carbonyl (C=O) groups excluding carboxylic acids is 1. The summed E-state index contributed by atoms with van der Waals surface area (Å²) in [5, 5.41) is 1.89. The van der Waals surface area contributed by atoms with Crippen molar-refractivity contribution in [2.24, 2.45) is 0 Å². The smallest absolute Gasteiger partial charge is 0.296 e. The van der Waals surface area contributed by atoms with Gasteiger partial charge in [0.25, 0.3) is 11.8 Å². The largest absolute Gasteiger partial charge is 0.479 e. The molecule has 2 aromatic heterocycles. The molecule has 8 heteroatoms. The van der Waals surface area contributed by atoms with Gasteiger partial charge in [0, 0.05) is 10.6 Å². The third kappa shape index (κ3) is 3.80. The number of aromatic nitrogens is 2. The summed E-state index contributed by atoms with van der Waals surface area (Å²) in [4.78, 5) is 22.8. The minimum Gasteiger partial charge on any atom is -0.479 e. The number of amides is 1. The SMILES string of the molecule is COc1nc(C(=O)N(Cc2cccs2)c2ccc(F)cc2)ncc1F. The average molecular weight is 361 g/mol. The number of methoxy groups -OCH3 is 1. The van der Waals surface area contributed by atoms with Crippen molar-refractivity contribution in [3.05, 3.63) is 70.3 Å². The summed E-state index contributed by atoms with van der Waals surface area (Å²) in [5.74, 6) is -2.23. The van der Waals surface area contributed by atoms with Crippen LogP contribution in [0.15, 0.2) is 48.0 Å². The van der Waals surface area contributed by atoms with Crippen molar-refractivity contribution >= 4 is 22.9 Å². The Morgan fingerprint density at radius 1 is 1.24 bits per heavy atom. The van der Waals surface area contributed by atoms with Crippen LogP contribution in [0.4, 0.5) is 14.5 Å². The van der Waals surface area contributed by atoms with E-state index in [2.05, 4.69) is 9.97 Å². The number of thiophene rings is 1. The molecule has 2 heterocycles. The zero-order valence-electron chi connectivity index (χ0n) is 13.1. The van der Waals surface area contributed by atoms with Gasteiger partial charge in [0.05, 0.1) is 19.9 Å². The van der Waals surface area contributed by atoms with Gasteiger partial charge in [0.1, 0.15) is 5.82 Å². The maximum atomic E-state index is 13.5. The summed E-state index contributed by atoms with van der Waals surface area (Å²) in [6, 6.07) is 9.24. The number of carbonyl (C=O) groups is 1. The lowest BCUT2D eigenvalue weighted by Gasteiger charge is -2.21. The van der Waals surface area contributed by atoms with Gasteiger partial charge in [-0.1, -0.05) is 6.07 Å². The molecule has 1 amide bonds.